The van der Waals surface area contributed by atoms with Gasteiger partial charge in [-0.15, -0.1) is 0 Å². The molecule has 0 saturated heterocycles. The summed E-state index contributed by atoms with van der Waals surface area (Å²) in [6, 6.07) is 19.2. The molecule has 0 amide bonds. The Hall–Kier alpha value is -2.94. The first-order valence-corrected chi connectivity index (χ1v) is 8.56. The predicted octanol–water partition coefficient (Wildman–Crippen LogP) is 4.44. The highest BCUT2D eigenvalue weighted by atomic mass is 15.1. The van der Waals surface area contributed by atoms with Gasteiger partial charge in [0.05, 0.1) is 7.05 Å². The molecule has 0 aliphatic heterocycles. The van der Waals surface area contributed by atoms with Crippen LogP contribution < -0.4 is 4.57 Å². The van der Waals surface area contributed by atoms with E-state index in [9.17, 15) is 0 Å². The van der Waals surface area contributed by atoms with E-state index in [0.717, 1.165) is 16.9 Å². The molecule has 2 heterocycles. The van der Waals surface area contributed by atoms with Crippen LogP contribution in [0.5, 0.6) is 0 Å². The Morgan fingerprint density at radius 3 is 2.44 bits per heavy atom. The quantitative estimate of drug-likeness (QED) is 0.499. The number of hydrogen-bond acceptors (Lipinski definition) is 1. The molecule has 0 bridgehead atoms. The first-order valence-electron chi connectivity index (χ1n) is 8.56. The Labute approximate surface area is 148 Å². The number of aryl methyl sites for hydroxylation is 3. The van der Waals surface area contributed by atoms with Crippen molar-refractivity contribution in [2.24, 2.45) is 7.05 Å². The third-order valence-electron chi connectivity index (χ3n) is 4.98. The minimum atomic E-state index is 0.986. The maximum atomic E-state index is 4.68. The van der Waals surface area contributed by atoms with Gasteiger partial charge in [0.25, 0.3) is 0 Å². The molecule has 4 rings (SSSR count). The summed E-state index contributed by atoms with van der Waals surface area (Å²) >= 11 is 0. The molecule has 25 heavy (non-hydrogen) atoms. The Kier molecular flexibility index (Phi) is 3.65. The fourth-order valence-corrected chi connectivity index (χ4v) is 3.52. The first kappa shape index (κ1) is 15.6. The molecule has 0 aliphatic carbocycles. The smallest absolute Gasteiger partial charge is 0.273 e. The number of benzene rings is 2. The van der Waals surface area contributed by atoms with Gasteiger partial charge in [0.1, 0.15) is 11.2 Å². The third kappa shape index (κ3) is 2.52. The van der Waals surface area contributed by atoms with Crippen LogP contribution in [-0.4, -0.2) is 9.55 Å². The SMILES string of the molecule is Cc1cc(C)c(C)c(-c2ccc3c(ncn3-c3ccccc3)[n+]2C)c1. The maximum absolute atomic E-state index is 4.68. The molecule has 0 radical (unpaired) electrons. The van der Waals surface area contributed by atoms with E-state index in [-0.39, 0.29) is 0 Å². The fraction of sp³-hybridized carbons (Fsp3) is 0.182. The van der Waals surface area contributed by atoms with Crippen molar-refractivity contribution < 1.29 is 4.57 Å². The van der Waals surface area contributed by atoms with Crippen LogP contribution in [-0.2, 0) is 7.05 Å². The van der Waals surface area contributed by atoms with Gasteiger partial charge in [-0.2, -0.15) is 0 Å². The van der Waals surface area contributed by atoms with E-state index in [4.69, 9.17) is 0 Å². The summed E-state index contributed by atoms with van der Waals surface area (Å²) in [6.45, 7) is 6.52. The van der Waals surface area contributed by atoms with Crippen molar-refractivity contribution in [1.29, 1.82) is 0 Å². The van der Waals surface area contributed by atoms with E-state index >= 15 is 0 Å². The van der Waals surface area contributed by atoms with Gasteiger partial charge in [-0.1, -0.05) is 29.8 Å². The summed E-state index contributed by atoms with van der Waals surface area (Å²) in [5.41, 5.74) is 9.62. The van der Waals surface area contributed by atoms with Crippen molar-refractivity contribution in [3.05, 3.63) is 77.6 Å². The maximum Gasteiger partial charge on any atom is 0.349 e. The molecule has 0 unspecified atom stereocenters. The summed E-state index contributed by atoms with van der Waals surface area (Å²) in [5.74, 6) is 0. The topological polar surface area (TPSA) is 21.7 Å². The van der Waals surface area contributed by atoms with Crippen molar-refractivity contribution in [3.8, 4) is 16.9 Å². The second-order valence-corrected chi connectivity index (χ2v) is 6.69. The molecule has 0 saturated carbocycles. The summed E-state index contributed by atoms with van der Waals surface area (Å²) in [5, 5.41) is 0. The summed E-state index contributed by atoms with van der Waals surface area (Å²) in [6.07, 6.45) is 1.90. The minimum Gasteiger partial charge on any atom is -0.273 e. The van der Waals surface area contributed by atoms with Gasteiger partial charge in [-0.05, 0) is 67.2 Å². The standard InChI is InChI=1S/C22H22N3/c1-15-12-16(2)17(3)19(13-15)20-10-11-21-22(24(20)4)23-14-25(21)18-8-6-5-7-9-18/h5-14H,1-4H3/q+1. The monoisotopic (exact) mass is 328 g/mol. The highest BCUT2D eigenvalue weighted by Gasteiger charge is 2.19. The normalized spacial score (nSPS) is 11.2. The van der Waals surface area contributed by atoms with E-state index < -0.39 is 0 Å². The summed E-state index contributed by atoms with van der Waals surface area (Å²) < 4.78 is 4.32. The molecular weight excluding hydrogens is 306 g/mol. The van der Waals surface area contributed by atoms with Gasteiger partial charge in [0.2, 0.25) is 6.33 Å². The molecular formula is C22H22N3+. The molecule has 0 atom stereocenters. The molecule has 0 spiro atoms. The van der Waals surface area contributed by atoms with E-state index in [1.54, 1.807) is 0 Å². The largest absolute Gasteiger partial charge is 0.349 e. The lowest BCUT2D eigenvalue weighted by atomic mass is 9.97. The Bertz CT molecular complexity index is 1080. The lowest BCUT2D eigenvalue weighted by molar-refractivity contribution is -0.635. The average molecular weight is 328 g/mol. The van der Waals surface area contributed by atoms with E-state index in [1.807, 2.05) is 12.4 Å². The number of nitrogens with zero attached hydrogens (tertiary/aromatic N) is 3. The lowest BCUT2D eigenvalue weighted by Crippen LogP contribution is -2.32. The summed E-state index contributed by atoms with van der Waals surface area (Å²) in [7, 11) is 2.09. The minimum absolute atomic E-state index is 0.986. The zero-order chi connectivity index (χ0) is 17.6. The van der Waals surface area contributed by atoms with Crippen molar-refractivity contribution in [2.45, 2.75) is 20.8 Å². The molecule has 3 heteroatoms. The third-order valence-corrected chi connectivity index (χ3v) is 4.98. The van der Waals surface area contributed by atoms with Crippen molar-refractivity contribution in [3.63, 3.8) is 0 Å². The highest BCUT2D eigenvalue weighted by Crippen LogP contribution is 2.26. The molecule has 2 aromatic carbocycles. The molecule has 0 N–H and O–H groups in total. The number of hydrogen-bond donors (Lipinski definition) is 0. The van der Waals surface area contributed by atoms with Crippen LogP contribution in [0.2, 0.25) is 0 Å². The number of rotatable bonds is 2. The second-order valence-electron chi connectivity index (χ2n) is 6.69. The van der Waals surface area contributed by atoms with E-state index in [1.165, 1.54) is 27.9 Å². The van der Waals surface area contributed by atoms with Crippen LogP contribution in [0.1, 0.15) is 16.7 Å². The number of aromatic nitrogens is 3. The molecule has 0 aliphatic rings. The highest BCUT2D eigenvalue weighted by molar-refractivity contribution is 5.74. The zero-order valence-corrected chi connectivity index (χ0v) is 15.1. The number of imidazole rings is 1. The van der Waals surface area contributed by atoms with Gasteiger partial charge in [-0.3, -0.25) is 4.57 Å². The predicted molar refractivity (Wildman–Crippen MR) is 102 cm³/mol. The van der Waals surface area contributed by atoms with Crippen LogP contribution in [0.25, 0.3) is 28.1 Å². The zero-order valence-electron chi connectivity index (χ0n) is 15.1. The molecule has 3 nitrogen and oxygen atoms in total. The molecule has 2 aromatic heterocycles. The number of fused-ring (bicyclic) bond motifs is 1. The van der Waals surface area contributed by atoms with E-state index in [2.05, 4.69) is 90.5 Å². The van der Waals surface area contributed by atoms with Crippen LogP contribution in [0.15, 0.2) is 60.9 Å². The Morgan fingerprint density at radius 1 is 0.920 bits per heavy atom. The van der Waals surface area contributed by atoms with Gasteiger partial charge < -0.3 is 0 Å². The van der Waals surface area contributed by atoms with Crippen molar-refractivity contribution in [1.82, 2.24) is 9.55 Å². The van der Waals surface area contributed by atoms with Crippen LogP contribution in [0.3, 0.4) is 0 Å². The molecule has 4 aromatic rings. The molecule has 124 valence electrons. The van der Waals surface area contributed by atoms with Gasteiger partial charge >= 0.3 is 5.65 Å². The van der Waals surface area contributed by atoms with Gasteiger partial charge in [0.15, 0.2) is 0 Å². The Morgan fingerprint density at radius 2 is 1.68 bits per heavy atom. The van der Waals surface area contributed by atoms with E-state index in [0.29, 0.717) is 0 Å². The fourth-order valence-electron chi connectivity index (χ4n) is 3.52. The summed E-state index contributed by atoms with van der Waals surface area (Å²) in [4.78, 5) is 4.68. The van der Waals surface area contributed by atoms with Crippen molar-refractivity contribution >= 4 is 11.2 Å². The Balaban J connectivity index is 1.94. The first-order chi connectivity index (χ1) is 12.1. The van der Waals surface area contributed by atoms with Crippen LogP contribution in [0.4, 0.5) is 0 Å². The van der Waals surface area contributed by atoms with Crippen LogP contribution >= 0.6 is 0 Å². The van der Waals surface area contributed by atoms with Gasteiger partial charge in [0, 0.05) is 11.3 Å². The number of pyridine rings is 1. The average Bonchev–Trinajstić information content (AvgIpc) is 3.04. The second kappa shape index (κ2) is 5.85. The van der Waals surface area contributed by atoms with Gasteiger partial charge in [-0.25, -0.2) is 4.57 Å². The molecule has 0 fully saturated rings. The lowest BCUT2D eigenvalue weighted by Gasteiger charge is -2.11. The number of para-hydroxylation sites is 1. The van der Waals surface area contributed by atoms with Crippen LogP contribution in [0, 0.1) is 20.8 Å². The van der Waals surface area contributed by atoms with Crippen molar-refractivity contribution in [2.75, 3.05) is 0 Å².